The van der Waals surface area contributed by atoms with Crippen molar-refractivity contribution in [1.82, 2.24) is 59.8 Å². The lowest BCUT2D eigenvalue weighted by molar-refractivity contribution is 0.586. The van der Waals surface area contributed by atoms with E-state index in [2.05, 4.69) is 91.7 Å². The van der Waals surface area contributed by atoms with Gasteiger partial charge in [0.15, 0.2) is 69.9 Å². The molecule has 0 aliphatic carbocycles. The van der Waals surface area contributed by atoms with Crippen LogP contribution in [-0.4, -0.2) is 59.8 Å². The molecule has 0 spiro atoms. The molecule has 466 valence electrons. The molecule has 0 atom stereocenters. The molecule has 12 nitrogen and oxygen atoms in total. The maximum Gasteiger partial charge on any atom is 0.250 e. The first-order valence-electron chi connectivity index (χ1n) is 21.6. The Hall–Kier alpha value is 1.28. The zero-order valence-corrected chi connectivity index (χ0v) is 63.5. The van der Waals surface area contributed by atoms with E-state index in [-0.39, 0.29) is 62.5 Å². The van der Waals surface area contributed by atoms with Gasteiger partial charge < -0.3 is 0 Å². The molecule has 4 aromatic carbocycles. The fourth-order valence-electron chi connectivity index (χ4n) is 5.82. The third kappa shape index (κ3) is 23.2. The van der Waals surface area contributed by atoms with Crippen molar-refractivity contribution in [2.45, 2.75) is 37.3 Å². The largest absolute Gasteiger partial charge is 0.250 e. The van der Waals surface area contributed by atoms with E-state index >= 15 is 0 Å². The highest BCUT2D eigenvalue weighted by Crippen LogP contribution is 2.46. The van der Waals surface area contributed by atoms with Gasteiger partial charge in [0.05, 0.1) is 21.2 Å². The van der Waals surface area contributed by atoms with Crippen LogP contribution < -0.4 is 0 Å². The van der Waals surface area contributed by atoms with E-state index in [1.165, 1.54) is 6.07 Å². The fourth-order valence-corrected chi connectivity index (χ4v) is 9.77. The van der Waals surface area contributed by atoms with Crippen LogP contribution in [0.15, 0.2) is 87.8 Å². The van der Waals surface area contributed by atoms with Crippen LogP contribution in [0.5, 0.6) is 0 Å². The summed E-state index contributed by atoms with van der Waals surface area (Å²) in [6.45, 7) is 1.96. The summed E-state index contributed by atoms with van der Waals surface area (Å²) in [5.41, 5.74) is 2.12. The van der Waals surface area contributed by atoms with Gasteiger partial charge in [0.25, 0.3) is 0 Å². The van der Waals surface area contributed by atoms with Crippen molar-refractivity contribution in [3.63, 3.8) is 0 Å². The van der Waals surface area contributed by atoms with Gasteiger partial charge >= 0.3 is 0 Å². The zero-order valence-electron chi connectivity index (χ0n) is 40.7. The molecule has 8 aromatic rings. The predicted octanol–water partition coefficient (Wildman–Crippen LogP) is 24.2. The molecule has 0 unspecified atom stereocenters. The van der Waals surface area contributed by atoms with Crippen molar-refractivity contribution in [2.75, 3.05) is 0 Å². The summed E-state index contributed by atoms with van der Waals surface area (Å²) in [6, 6.07) is 20.9. The van der Waals surface area contributed by atoms with Gasteiger partial charge in [0, 0.05) is 20.1 Å². The summed E-state index contributed by atoms with van der Waals surface area (Å²) < 4.78 is 13.5. The second-order valence-electron chi connectivity index (χ2n) is 15.9. The highest BCUT2D eigenvalue weighted by Gasteiger charge is 2.39. The quantitative estimate of drug-likeness (QED) is 0.154. The van der Waals surface area contributed by atoms with E-state index in [0.29, 0.717) is 25.6 Å². The molecule has 42 heteroatoms. The molecule has 0 saturated carbocycles. The molecule has 0 N–H and O–H groups in total. The van der Waals surface area contributed by atoms with Crippen LogP contribution in [0, 0.1) is 18.6 Å². The van der Waals surface area contributed by atoms with Crippen LogP contribution in [0.4, 0.5) is 8.78 Å². The lowest BCUT2D eigenvalue weighted by atomic mass is 10.1. The molecular weight excluding hydrogens is 1830 g/mol. The number of nitrogens with zero attached hydrogens (tertiary/aromatic N) is 12. The molecule has 0 radical (unpaired) electrons. The molecule has 87 heavy (non-hydrogen) atoms. The normalized spacial score (nSPS) is 12.5. The van der Waals surface area contributed by atoms with Gasteiger partial charge in [-0.1, -0.05) is 350 Å². The van der Waals surface area contributed by atoms with E-state index in [0.717, 1.165) is 17.7 Å². The number of hydrogen-bond acceptors (Lipinski definition) is 12. The van der Waals surface area contributed by atoms with Gasteiger partial charge in [-0.2, -0.15) is 0 Å². The molecule has 0 aliphatic heterocycles. The molecule has 0 amide bonds. The van der Waals surface area contributed by atoms with Gasteiger partial charge in [-0.05, 0) is 75.2 Å². The average molecular weight is 1840 g/mol. The van der Waals surface area contributed by atoms with Crippen LogP contribution in [0.2, 0.25) is 10.0 Å². The first-order chi connectivity index (χ1) is 39.6. The van der Waals surface area contributed by atoms with Crippen molar-refractivity contribution in [2.24, 2.45) is 0 Å². The Bertz CT molecular complexity index is 3280. The van der Waals surface area contributed by atoms with Crippen molar-refractivity contribution < 1.29 is 8.78 Å². The van der Waals surface area contributed by atoms with Crippen LogP contribution in [0.25, 0.3) is 45.6 Å². The molecule has 0 saturated heterocycles. The number of hydrogen-bond donors (Lipinski definition) is 0. The molecule has 0 aliphatic rings. The standard InChI is InChI=1S/C12H7Cl6N3.C11H3Br2Cl6N3.C11H3Cl8N3.C11H3Cl6F2N3/c1-6-2-4-7(5-3-6)8-19-9(11(13,14)15)21-10(20-8)12(16,17)18;2*12-4-2-1-3-5(13)6(4)7-20-8(10(14,15)16)22-9(21-7)11(17,18)19;12-10(13,14)8-20-7(21-9(22-8)11(15,16)17)6-4(18)2-1-3-5(6)19/h2-5H,1H3;3*1-3H. The van der Waals surface area contributed by atoms with Crippen molar-refractivity contribution in [3.8, 4) is 45.6 Å². The number of aryl methyl sites for hydroxylation is 1. The Morgan fingerprint density at radius 1 is 0.287 bits per heavy atom. The summed E-state index contributed by atoms with van der Waals surface area (Å²) in [5.74, 6) is -3.70. The first kappa shape index (κ1) is 79.0. The third-order valence-electron chi connectivity index (χ3n) is 9.44. The number of benzene rings is 4. The summed E-state index contributed by atoms with van der Waals surface area (Å²) in [5, 5.41) is 0.563. The lowest BCUT2D eigenvalue weighted by Crippen LogP contribution is -2.17. The van der Waals surface area contributed by atoms with Crippen LogP contribution >= 0.6 is 333 Å². The monoisotopic (exact) mass is 1830 g/mol. The second kappa shape index (κ2) is 31.6. The van der Waals surface area contributed by atoms with Gasteiger partial charge in [-0.15, -0.1) is 0 Å². The van der Waals surface area contributed by atoms with E-state index < -0.39 is 65.0 Å². The Balaban J connectivity index is 0.000000212. The minimum absolute atomic E-state index is 0.0215. The predicted molar refractivity (Wildman–Crippen MR) is 365 cm³/mol. The Kier molecular flexibility index (Phi) is 28.7. The summed E-state index contributed by atoms with van der Waals surface area (Å²) in [4.78, 5) is 47.5. The number of alkyl halides is 24. The van der Waals surface area contributed by atoms with Gasteiger partial charge in [0.1, 0.15) is 11.6 Å². The SMILES string of the molecule is Cc1ccc(-c2nc(C(Cl)(Cl)Cl)nc(C(Cl)(Cl)Cl)n2)cc1.ClC(Cl)(Cl)c1nc(-c2c(Br)cccc2Br)nc(C(Cl)(Cl)Cl)n1.Clc1cccc(Cl)c1-c1nc(C(Cl)(Cl)Cl)nc(C(Cl)(Cl)Cl)n1.Fc1cccc(F)c1-c1nc(C(Cl)(Cl)Cl)nc(C(Cl)(Cl)Cl)n1. The minimum Gasteiger partial charge on any atom is -0.209 e. The van der Waals surface area contributed by atoms with Crippen LogP contribution in [0.1, 0.15) is 52.2 Å². The van der Waals surface area contributed by atoms with E-state index in [1.807, 2.05) is 37.3 Å². The minimum atomic E-state index is -2.11. The van der Waals surface area contributed by atoms with Gasteiger partial charge in [-0.3, -0.25) is 0 Å². The van der Waals surface area contributed by atoms with Crippen molar-refractivity contribution >= 4 is 333 Å². The van der Waals surface area contributed by atoms with Gasteiger partial charge in [-0.25, -0.2) is 68.6 Å². The van der Waals surface area contributed by atoms with Crippen molar-refractivity contribution in [1.29, 1.82) is 0 Å². The zero-order chi connectivity index (χ0) is 66.0. The Labute approximate surface area is 638 Å². The molecule has 8 rings (SSSR count). The van der Waals surface area contributed by atoms with E-state index in [4.69, 9.17) is 302 Å². The average Bonchev–Trinajstić information content (AvgIpc) is 0.928. The summed E-state index contributed by atoms with van der Waals surface area (Å²) in [7, 11) is 0. The summed E-state index contributed by atoms with van der Waals surface area (Å²) >= 11 is 158. The second-order valence-corrected chi connectivity index (χ2v) is 36.6. The maximum atomic E-state index is 13.9. The summed E-state index contributed by atoms with van der Waals surface area (Å²) in [6.07, 6.45) is 0. The van der Waals surface area contributed by atoms with Crippen LogP contribution in [-0.2, 0) is 30.3 Å². The van der Waals surface area contributed by atoms with Crippen LogP contribution in [0.3, 0.4) is 0 Å². The number of halogens is 30. The highest BCUT2D eigenvalue weighted by atomic mass is 79.9. The molecule has 4 heterocycles. The molecule has 0 bridgehead atoms. The highest BCUT2D eigenvalue weighted by molar-refractivity contribution is 9.11. The van der Waals surface area contributed by atoms with Gasteiger partial charge in [0.2, 0.25) is 30.3 Å². The van der Waals surface area contributed by atoms with Crippen molar-refractivity contribution in [3.05, 3.63) is 162 Å². The maximum absolute atomic E-state index is 13.9. The fraction of sp³-hybridized carbons (Fsp3) is 0.200. The third-order valence-corrected chi connectivity index (χ3v) is 15.4. The van der Waals surface area contributed by atoms with E-state index in [9.17, 15) is 8.78 Å². The van der Waals surface area contributed by atoms with E-state index in [1.54, 1.807) is 30.3 Å². The number of rotatable bonds is 4. The molecule has 0 fully saturated rings. The topological polar surface area (TPSA) is 155 Å². The first-order valence-corrected chi connectivity index (χ1v) is 33.0. The lowest BCUT2D eigenvalue weighted by Gasteiger charge is -2.16. The molecular formula is C45H16Br2Cl26F2N12. The molecule has 4 aromatic heterocycles. The smallest absolute Gasteiger partial charge is 0.209 e. The number of aromatic nitrogens is 12. The Morgan fingerprint density at radius 2 is 0.517 bits per heavy atom. The Morgan fingerprint density at radius 3 is 0.793 bits per heavy atom.